The third-order valence-electron chi connectivity index (χ3n) is 3.65. The lowest BCUT2D eigenvalue weighted by Gasteiger charge is -2.02. The standard InChI is InChI=1S/C18H13FN3O3.BrH/c19-15-7-3-1-5-13(15)16-9-10-21(12-20-16)11-18(23)14-6-2-4-8-17(14)22(24)25;/h1-10,12H,11H2;1H/q+1;. The first-order valence-electron chi connectivity index (χ1n) is 7.43. The average Bonchev–Trinajstić information content (AvgIpc) is 2.63. The molecule has 0 radical (unpaired) electrons. The van der Waals surface area contributed by atoms with E-state index in [1.165, 1.54) is 35.2 Å². The molecule has 1 heterocycles. The summed E-state index contributed by atoms with van der Waals surface area (Å²) >= 11 is 0. The van der Waals surface area contributed by atoms with E-state index < -0.39 is 10.7 Å². The highest BCUT2D eigenvalue weighted by molar-refractivity contribution is 8.93. The monoisotopic (exact) mass is 418 g/mol. The Morgan fingerprint density at radius 3 is 2.46 bits per heavy atom. The van der Waals surface area contributed by atoms with E-state index >= 15 is 0 Å². The van der Waals surface area contributed by atoms with Crippen LogP contribution in [0.4, 0.5) is 10.1 Å². The number of benzene rings is 2. The Morgan fingerprint density at radius 2 is 1.81 bits per heavy atom. The third kappa shape index (κ3) is 4.15. The number of ketones is 1. The minimum atomic E-state index is -0.586. The molecule has 8 heteroatoms. The van der Waals surface area contributed by atoms with Crippen molar-refractivity contribution < 1.29 is 18.7 Å². The topological polar surface area (TPSA) is 77.0 Å². The Kier molecular flexibility index (Phi) is 6.24. The second-order valence-electron chi connectivity index (χ2n) is 5.30. The van der Waals surface area contributed by atoms with Gasteiger partial charge in [-0.15, -0.1) is 17.0 Å². The highest BCUT2D eigenvalue weighted by Gasteiger charge is 2.21. The maximum Gasteiger partial charge on any atom is 0.287 e. The number of nitro groups is 1. The summed E-state index contributed by atoms with van der Waals surface area (Å²) in [5.74, 6) is -0.790. The lowest BCUT2D eigenvalue weighted by atomic mass is 10.1. The van der Waals surface area contributed by atoms with Crippen LogP contribution in [-0.4, -0.2) is 15.7 Å². The summed E-state index contributed by atoms with van der Waals surface area (Å²) < 4.78 is 15.3. The Labute approximate surface area is 158 Å². The van der Waals surface area contributed by atoms with Crippen molar-refractivity contribution in [2.75, 3.05) is 0 Å². The minimum Gasteiger partial charge on any atom is -0.289 e. The molecule has 0 spiro atoms. The number of nitro benzene ring substituents is 1. The molecule has 0 bridgehead atoms. The molecule has 0 saturated carbocycles. The lowest BCUT2D eigenvalue weighted by Crippen LogP contribution is -2.38. The Bertz CT molecular complexity index is 948. The fourth-order valence-corrected chi connectivity index (χ4v) is 2.43. The zero-order valence-corrected chi connectivity index (χ0v) is 15.1. The smallest absolute Gasteiger partial charge is 0.287 e. The lowest BCUT2D eigenvalue weighted by molar-refractivity contribution is -0.686. The van der Waals surface area contributed by atoms with E-state index in [1.807, 2.05) is 0 Å². The number of aromatic nitrogens is 2. The normalized spacial score (nSPS) is 10.0. The first-order chi connectivity index (χ1) is 12.1. The van der Waals surface area contributed by atoms with Crippen molar-refractivity contribution in [1.29, 1.82) is 0 Å². The Balaban J connectivity index is 0.00000243. The summed E-state index contributed by atoms with van der Waals surface area (Å²) in [7, 11) is 0. The van der Waals surface area contributed by atoms with Gasteiger partial charge in [-0.05, 0) is 23.2 Å². The van der Waals surface area contributed by atoms with Gasteiger partial charge in [-0.2, -0.15) is 0 Å². The van der Waals surface area contributed by atoms with E-state index in [1.54, 1.807) is 36.5 Å². The average molecular weight is 419 g/mol. The number of hydrogen-bond donors (Lipinski definition) is 0. The van der Waals surface area contributed by atoms with Crippen molar-refractivity contribution in [1.82, 2.24) is 4.98 Å². The second kappa shape index (κ2) is 8.39. The summed E-state index contributed by atoms with van der Waals surface area (Å²) in [6.07, 6.45) is 2.98. The van der Waals surface area contributed by atoms with Crippen molar-refractivity contribution in [3.05, 3.63) is 88.6 Å². The number of rotatable bonds is 5. The first kappa shape index (κ1) is 19.3. The molecule has 0 amide bonds. The number of Topliss-reactive ketones (excluding diaryl/α,β-unsaturated/α-hetero) is 1. The summed E-state index contributed by atoms with van der Waals surface area (Å²) in [5.41, 5.74) is 0.606. The number of halogens is 2. The molecule has 0 unspecified atom stereocenters. The van der Waals surface area contributed by atoms with Crippen LogP contribution in [0.15, 0.2) is 67.1 Å². The van der Waals surface area contributed by atoms with Crippen LogP contribution in [0, 0.1) is 15.9 Å². The molecular formula is C18H14BrFN3O3+. The summed E-state index contributed by atoms with van der Waals surface area (Å²) in [6.45, 7) is -0.102. The van der Waals surface area contributed by atoms with E-state index in [9.17, 15) is 19.3 Å². The number of carbonyl (C=O) groups excluding carboxylic acids is 1. The van der Waals surface area contributed by atoms with Crippen LogP contribution in [0.3, 0.4) is 0 Å². The van der Waals surface area contributed by atoms with Crippen molar-refractivity contribution in [3.63, 3.8) is 0 Å². The van der Waals surface area contributed by atoms with Crippen LogP contribution in [0.2, 0.25) is 0 Å². The van der Waals surface area contributed by atoms with Crippen molar-refractivity contribution in [2.24, 2.45) is 0 Å². The van der Waals surface area contributed by atoms with Gasteiger partial charge in [-0.1, -0.05) is 24.3 Å². The van der Waals surface area contributed by atoms with Crippen LogP contribution in [0.5, 0.6) is 0 Å². The van der Waals surface area contributed by atoms with Gasteiger partial charge in [0.25, 0.3) is 12.0 Å². The van der Waals surface area contributed by atoms with Gasteiger partial charge in [-0.3, -0.25) is 14.9 Å². The molecule has 26 heavy (non-hydrogen) atoms. The SMILES string of the molecule is Br.O=C(C[n+]1ccc(-c2ccccc2F)nc1)c1ccccc1[N+](=O)[O-]. The van der Waals surface area contributed by atoms with E-state index in [0.717, 1.165) is 0 Å². The molecule has 0 saturated heterocycles. The Morgan fingerprint density at radius 1 is 1.12 bits per heavy atom. The molecule has 2 aromatic carbocycles. The number of hydrogen-bond acceptors (Lipinski definition) is 4. The molecule has 0 aliphatic heterocycles. The third-order valence-corrected chi connectivity index (χ3v) is 3.65. The van der Waals surface area contributed by atoms with E-state index in [0.29, 0.717) is 11.3 Å². The van der Waals surface area contributed by atoms with Crippen LogP contribution in [-0.2, 0) is 6.54 Å². The highest BCUT2D eigenvalue weighted by Crippen LogP contribution is 2.19. The molecule has 0 fully saturated rings. The second-order valence-corrected chi connectivity index (χ2v) is 5.30. The molecule has 132 valence electrons. The summed E-state index contributed by atoms with van der Waals surface area (Å²) in [6, 6.07) is 13.6. The predicted molar refractivity (Wildman–Crippen MR) is 97.6 cm³/mol. The van der Waals surface area contributed by atoms with Gasteiger partial charge in [0, 0.05) is 12.1 Å². The highest BCUT2D eigenvalue weighted by atomic mass is 79.9. The fourth-order valence-electron chi connectivity index (χ4n) is 2.43. The van der Waals surface area contributed by atoms with Crippen LogP contribution in [0.1, 0.15) is 10.4 Å². The predicted octanol–water partition coefficient (Wildman–Crippen LogP) is 3.54. The van der Waals surface area contributed by atoms with Crippen LogP contribution in [0.25, 0.3) is 11.3 Å². The summed E-state index contributed by atoms with van der Waals surface area (Å²) in [5, 5.41) is 11.0. The molecule has 6 nitrogen and oxygen atoms in total. The molecule has 3 rings (SSSR count). The maximum atomic E-state index is 13.8. The van der Waals surface area contributed by atoms with Crippen LogP contribution >= 0.6 is 17.0 Å². The van der Waals surface area contributed by atoms with Gasteiger partial charge in [0.05, 0.1) is 22.2 Å². The van der Waals surface area contributed by atoms with Crippen molar-refractivity contribution >= 4 is 28.5 Å². The van der Waals surface area contributed by atoms with E-state index in [4.69, 9.17) is 0 Å². The van der Waals surface area contributed by atoms with Gasteiger partial charge < -0.3 is 0 Å². The van der Waals surface area contributed by atoms with Gasteiger partial charge >= 0.3 is 0 Å². The maximum absolute atomic E-state index is 13.8. The number of nitrogens with zero attached hydrogens (tertiary/aromatic N) is 3. The molecule has 0 atom stereocenters. The quantitative estimate of drug-likeness (QED) is 0.274. The van der Waals surface area contributed by atoms with Gasteiger partial charge in [0.1, 0.15) is 5.82 Å². The molecule has 1 aromatic heterocycles. The Hall–Kier alpha value is -3.00. The number of para-hydroxylation sites is 1. The van der Waals surface area contributed by atoms with Crippen molar-refractivity contribution in [3.8, 4) is 11.3 Å². The first-order valence-corrected chi connectivity index (χ1v) is 7.43. The molecule has 0 N–H and O–H groups in total. The molecule has 0 aliphatic rings. The molecule has 3 aromatic rings. The van der Waals surface area contributed by atoms with Crippen LogP contribution < -0.4 is 4.57 Å². The molecule has 0 aliphatic carbocycles. The van der Waals surface area contributed by atoms with E-state index in [-0.39, 0.29) is 40.6 Å². The zero-order valence-electron chi connectivity index (χ0n) is 13.4. The minimum absolute atomic E-state index is 0. The zero-order chi connectivity index (χ0) is 17.8. The largest absolute Gasteiger partial charge is 0.289 e. The number of carbonyl (C=O) groups is 1. The van der Waals surface area contributed by atoms with Gasteiger partial charge in [0.15, 0.2) is 12.2 Å². The van der Waals surface area contributed by atoms with Gasteiger partial charge in [0.2, 0.25) is 5.78 Å². The van der Waals surface area contributed by atoms with Crippen molar-refractivity contribution in [2.45, 2.75) is 6.54 Å². The van der Waals surface area contributed by atoms with Gasteiger partial charge in [-0.25, -0.2) is 8.96 Å². The summed E-state index contributed by atoms with van der Waals surface area (Å²) in [4.78, 5) is 26.9. The molecular weight excluding hydrogens is 405 g/mol. The van der Waals surface area contributed by atoms with E-state index in [2.05, 4.69) is 4.98 Å². The fraction of sp³-hybridized carbons (Fsp3) is 0.0556.